The lowest BCUT2D eigenvalue weighted by molar-refractivity contribution is -0.201. The molecule has 0 bridgehead atoms. The third-order valence-electron chi connectivity index (χ3n) is 3.79. The molecule has 0 aliphatic rings. The predicted octanol–water partition coefficient (Wildman–Crippen LogP) is 3.24. The van der Waals surface area contributed by atoms with Crippen molar-refractivity contribution in [2.24, 2.45) is 0 Å². The van der Waals surface area contributed by atoms with Crippen molar-refractivity contribution >= 4 is 26.8 Å². The third kappa shape index (κ3) is 3.61. The van der Waals surface area contributed by atoms with Gasteiger partial charge in [-0.15, -0.1) is 13.2 Å². The minimum Gasteiger partial charge on any atom is -0.497 e. The fraction of sp³-hybridized carbons (Fsp3) is 0.118. The van der Waals surface area contributed by atoms with E-state index in [2.05, 4.69) is 0 Å². The molecule has 1 heterocycles. The van der Waals surface area contributed by atoms with Crippen molar-refractivity contribution in [2.45, 2.75) is 11.2 Å². The first-order chi connectivity index (χ1) is 12.6. The van der Waals surface area contributed by atoms with Gasteiger partial charge in [-0.1, -0.05) is 18.2 Å². The zero-order valence-electron chi connectivity index (χ0n) is 13.8. The average Bonchev–Trinajstić information content (AvgIpc) is 3.01. The number of methoxy groups -OCH3 is 1. The summed E-state index contributed by atoms with van der Waals surface area (Å²) in [6, 6.07) is 11.5. The van der Waals surface area contributed by atoms with Crippen LogP contribution in [0.5, 0.6) is 5.75 Å². The number of hydrogen-bond donors (Lipinski definition) is 1. The van der Waals surface area contributed by atoms with Crippen molar-refractivity contribution in [1.29, 1.82) is 0 Å². The fourth-order valence-electron chi connectivity index (χ4n) is 2.58. The summed E-state index contributed by atoms with van der Waals surface area (Å²) in [6.07, 6.45) is -4.90. The Balaban J connectivity index is 2.01. The standard InChI is InChI=1S/C17H13F3N2O4S/c1-26-12-6-8-13(9-7-12)27(24,25)21-16(23)15-10-11-4-2-3-5-14(11)22(15)17(18,19)20/h2-10H,1H3,(H,21,23). The van der Waals surface area contributed by atoms with E-state index in [1.165, 1.54) is 55.6 Å². The molecule has 0 saturated carbocycles. The van der Waals surface area contributed by atoms with Crippen LogP contribution in [-0.4, -0.2) is 26.0 Å². The summed E-state index contributed by atoms with van der Waals surface area (Å²) < 4.78 is 71.4. The molecule has 3 aromatic rings. The second-order valence-electron chi connectivity index (χ2n) is 5.50. The number of alkyl halides is 3. The van der Waals surface area contributed by atoms with Gasteiger partial charge in [0.05, 0.1) is 17.5 Å². The Hall–Kier alpha value is -3.01. The van der Waals surface area contributed by atoms with Crippen LogP contribution in [0.1, 0.15) is 10.5 Å². The van der Waals surface area contributed by atoms with Crippen molar-refractivity contribution in [3.63, 3.8) is 0 Å². The maximum absolute atomic E-state index is 13.4. The molecule has 0 saturated heterocycles. The first-order valence-corrected chi connectivity index (χ1v) is 9.01. The van der Waals surface area contributed by atoms with Crippen LogP contribution in [0.3, 0.4) is 0 Å². The first-order valence-electron chi connectivity index (χ1n) is 7.52. The van der Waals surface area contributed by atoms with Gasteiger partial charge in [0.1, 0.15) is 11.4 Å². The minimum atomic E-state index is -4.90. The van der Waals surface area contributed by atoms with E-state index in [0.29, 0.717) is 5.75 Å². The van der Waals surface area contributed by atoms with Crippen LogP contribution in [0.4, 0.5) is 13.2 Å². The average molecular weight is 398 g/mol. The number of aromatic nitrogens is 1. The van der Waals surface area contributed by atoms with Crippen molar-refractivity contribution in [2.75, 3.05) is 7.11 Å². The molecule has 6 nitrogen and oxygen atoms in total. The Morgan fingerprint density at radius 3 is 2.30 bits per heavy atom. The highest BCUT2D eigenvalue weighted by atomic mass is 32.2. The molecule has 0 fully saturated rings. The number of hydrogen-bond acceptors (Lipinski definition) is 4. The van der Waals surface area contributed by atoms with Crippen LogP contribution >= 0.6 is 0 Å². The van der Waals surface area contributed by atoms with E-state index in [0.717, 1.165) is 6.07 Å². The Bertz CT molecular complexity index is 1100. The predicted molar refractivity (Wildman–Crippen MR) is 90.9 cm³/mol. The summed E-state index contributed by atoms with van der Waals surface area (Å²) in [6.45, 7) is 0. The number of rotatable bonds is 4. The molecular weight excluding hydrogens is 385 g/mol. The molecule has 0 aliphatic heterocycles. The van der Waals surface area contributed by atoms with E-state index in [1.807, 2.05) is 0 Å². The van der Waals surface area contributed by atoms with E-state index in [1.54, 1.807) is 4.72 Å². The van der Waals surface area contributed by atoms with E-state index in [-0.39, 0.29) is 20.4 Å². The monoisotopic (exact) mass is 398 g/mol. The number of ether oxygens (including phenoxy) is 1. The van der Waals surface area contributed by atoms with Gasteiger partial charge in [-0.05, 0) is 36.4 Å². The fourth-order valence-corrected chi connectivity index (χ4v) is 3.54. The van der Waals surface area contributed by atoms with E-state index in [9.17, 15) is 26.4 Å². The Morgan fingerprint density at radius 1 is 1.07 bits per heavy atom. The summed E-state index contributed by atoms with van der Waals surface area (Å²) in [5.74, 6) is -1.00. The van der Waals surface area contributed by atoms with Crippen molar-refractivity contribution in [1.82, 2.24) is 9.29 Å². The molecule has 1 aromatic heterocycles. The maximum Gasteiger partial charge on any atom is 0.489 e. The molecule has 27 heavy (non-hydrogen) atoms. The second-order valence-corrected chi connectivity index (χ2v) is 7.18. The van der Waals surface area contributed by atoms with Gasteiger partial charge < -0.3 is 4.74 Å². The van der Waals surface area contributed by atoms with Gasteiger partial charge in [-0.2, -0.15) is 0 Å². The molecule has 0 radical (unpaired) electrons. The van der Waals surface area contributed by atoms with E-state index < -0.39 is 27.9 Å². The van der Waals surface area contributed by atoms with Gasteiger partial charge in [0.2, 0.25) is 0 Å². The van der Waals surface area contributed by atoms with Gasteiger partial charge in [0.15, 0.2) is 0 Å². The number of carbonyl (C=O) groups is 1. The van der Waals surface area contributed by atoms with Crippen LogP contribution in [0.2, 0.25) is 0 Å². The van der Waals surface area contributed by atoms with E-state index in [4.69, 9.17) is 4.74 Å². The van der Waals surface area contributed by atoms with E-state index >= 15 is 0 Å². The molecule has 10 heteroatoms. The highest BCUT2D eigenvalue weighted by molar-refractivity contribution is 7.90. The van der Waals surface area contributed by atoms with Crippen LogP contribution in [0, 0.1) is 0 Å². The molecular formula is C17H13F3N2O4S. The summed E-state index contributed by atoms with van der Waals surface area (Å²) in [5.41, 5.74) is -1.09. The number of para-hydroxylation sites is 1. The normalized spacial score (nSPS) is 12.1. The number of nitrogens with zero attached hydrogens (tertiary/aromatic N) is 1. The summed E-state index contributed by atoms with van der Waals surface area (Å²) in [4.78, 5) is 12.1. The molecule has 1 N–H and O–H groups in total. The lowest BCUT2D eigenvalue weighted by Crippen LogP contribution is -2.34. The molecule has 0 atom stereocenters. The highest BCUT2D eigenvalue weighted by Gasteiger charge is 2.37. The van der Waals surface area contributed by atoms with Crippen molar-refractivity contribution in [3.8, 4) is 5.75 Å². The molecule has 3 rings (SSSR count). The Labute approximate surface area is 152 Å². The zero-order valence-corrected chi connectivity index (χ0v) is 14.6. The van der Waals surface area contributed by atoms with Crippen LogP contribution in [-0.2, 0) is 16.3 Å². The van der Waals surface area contributed by atoms with Crippen LogP contribution < -0.4 is 9.46 Å². The molecule has 2 aromatic carbocycles. The zero-order chi connectivity index (χ0) is 19.8. The smallest absolute Gasteiger partial charge is 0.489 e. The van der Waals surface area contributed by atoms with Crippen molar-refractivity contribution in [3.05, 3.63) is 60.3 Å². The molecule has 142 valence electrons. The maximum atomic E-state index is 13.4. The van der Waals surface area contributed by atoms with Gasteiger partial charge in [-0.3, -0.25) is 4.79 Å². The summed E-state index contributed by atoms with van der Waals surface area (Å²) in [7, 11) is -2.98. The minimum absolute atomic E-state index is 0.152. The highest BCUT2D eigenvalue weighted by Crippen LogP contribution is 2.31. The van der Waals surface area contributed by atoms with Gasteiger partial charge in [0.25, 0.3) is 15.9 Å². The largest absolute Gasteiger partial charge is 0.497 e. The number of halogens is 3. The number of carbonyl (C=O) groups excluding carboxylic acids is 1. The lowest BCUT2D eigenvalue weighted by Gasteiger charge is -2.14. The SMILES string of the molecule is COc1ccc(S(=O)(=O)NC(=O)c2cc3ccccc3n2C(F)(F)F)cc1. The Kier molecular flexibility index (Phi) is 4.60. The lowest BCUT2D eigenvalue weighted by atomic mass is 10.2. The Morgan fingerprint density at radius 2 is 1.70 bits per heavy atom. The second kappa shape index (κ2) is 6.62. The summed E-state index contributed by atoms with van der Waals surface area (Å²) >= 11 is 0. The number of benzene rings is 2. The summed E-state index contributed by atoms with van der Waals surface area (Å²) in [5, 5.41) is 0.154. The van der Waals surface area contributed by atoms with Gasteiger partial charge >= 0.3 is 6.30 Å². The number of sulfonamides is 1. The van der Waals surface area contributed by atoms with Crippen LogP contribution in [0.15, 0.2) is 59.5 Å². The first kappa shape index (κ1) is 18.8. The van der Waals surface area contributed by atoms with Crippen LogP contribution in [0.25, 0.3) is 10.9 Å². The number of fused-ring (bicyclic) bond motifs is 1. The topological polar surface area (TPSA) is 77.4 Å². The number of nitrogens with one attached hydrogen (secondary N) is 1. The van der Waals surface area contributed by atoms with Gasteiger partial charge in [0, 0.05) is 5.39 Å². The quantitative estimate of drug-likeness (QED) is 0.732. The molecule has 1 amide bonds. The molecule has 0 spiro atoms. The molecule has 0 unspecified atom stereocenters. The third-order valence-corrected chi connectivity index (χ3v) is 5.14. The van der Waals surface area contributed by atoms with Gasteiger partial charge in [-0.25, -0.2) is 17.7 Å². The molecule has 0 aliphatic carbocycles. The number of amides is 1. The van der Waals surface area contributed by atoms with Crippen molar-refractivity contribution < 1.29 is 31.1 Å².